The Morgan fingerprint density at radius 1 is 0.815 bits per heavy atom. The summed E-state index contributed by atoms with van der Waals surface area (Å²) in [6, 6.07) is 24.9. The first-order valence-corrected chi connectivity index (χ1v) is 8.62. The van der Waals surface area contributed by atoms with Gasteiger partial charge < -0.3 is 10.4 Å². The number of aliphatic hydroxyl groups excluding tert-OH is 1. The fourth-order valence-electron chi connectivity index (χ4n) is 2.94. The molecule has 0 aliphatic carbocycles. The summed E-state index contributed by atoms with van der Waals surface area (Å²) in [5.41, 5.74) is 1.39. The molecule has 1 atom stereocenters. The molecule has 5 heteroatoms. The van der Waals surface area contributed by atoms with E-state index in [0.29, 0.717) is 5.82 Å². The van der Waals surface area contributed by atoms with E-state index in [0.717, 1.165) is 16.8 Å². The third kappa shape index (κ3) is 3.35. The first kappa shape index (κ1) is 16.7. The SMILES string of the molecule is OC1=CC=C(c2ccccc2)NC1(N=Nc1ccccn1)c1ccccc1. The molecule has 2 heterocycles. The zero-order valence-electron chi connectivity index (χ0n) is 14.5. The van der Waals surface area contributed by atoms with Crippen LogP contribution in [0, 0.1) is 0 Å². The van der Waals surface area contributed by atoms with Crippen molar-refractivity contribution in [3.63, 3.8) is 0 Å². The van der Waals surface area contributed by atoms with Crippen LogP contribution in [0.2, 0.25) is 0 Å². The van der Waals surface area contributed by atoms with Crippen molar-refractivity contribution in [1.29, 1.82) is 0 Å². The van der Waals surface area contributed by atoms with Gasteiger partial charge >= 0.3 is 0 Å². The molecular weight excluding hydrogens is 336 g/mol. The number of aromatic nitrogens is 1. The number of benzene rings is 2. The maximum Gasteiger partial charge on any atom is 0.233 e. The molecule has 0 spiro atoms. The number of hydrogen-bond acceptors (Lipinski definition) is 5. The highest BCUT2D eigenvalue weighted by atomic mass is 16.3. The molecule has 2 N–H and O–H groups in total. The van der Waals surface area contributed by atoms with Gasteiger partial charge in [0.15, 0.2) is 5.82 Å². The lowest BCUT2D eigenvalue weighted by atomic mass is 9.93. The van der Waals surface area contributed by atoms with E-state index < -0.39 is 5.66 Å². The predicted molar refractivity (Wildman–Crippen MR) is 105 cm³/mol. The van der Waals surface area contributed by atoms with Crippen molar-refractivity contribution < 1.29 is 5.11 Å². The van der Waals surface area contributed by atoms with Crippen LogP contribution in [0.15, 0.2) is 113 Å². The van der Waals surface area contributed by atoms with Crippen molar-refractivity contribution in [3.05, 3.63) is 114 Å². The van der Waals surface area contributed by atoms with E-state index in [4.69, 9.17) is 0 Å². The Labute approximate surface area is 157 Å². The molecular formula is C22H18N4O. The maximum absolute atomic E-state index is 10.8. The normalized spacial score (nSPS) is 19.3. The van der Waals surface area contributed by atoms with Gasteiger partial charge in [0.25, 0.3) is 0 Å². The molecule has 1 aliphatic heterocycles. The smallest absolute Gasteiger partial charge is 0.233 e. The first-order valence-electron chi connectivity index (χ1n) is 8.62. The molecule has 0 fully saturated rings. The second-order valence-corrected chi connectivity index (χ2v) is 6.09. The van der Waals surface area contributed by atoms with E-state index in [2.05, 4.69) is 20.5 Å². The van der Waals surface area contributed by atoms with Gasteiger partial charge in [-0.25, -0.2) is 4.98 Å². The van der Waals surface area contributed by atoms with Gasteiger partial charge in [-0.3, -0.25) is 0 Å². The number of dihydropyridines is 1. The summed E-state index contributed by atoms with van der Waals surface area (Å²) in [7, 11) is 0. The number of nitrogens with one attached hydrogen (secondary N) is 1. The minimum Gasteiger partial charge on any atom is -0.507 e. The number of hydrogen-bond donors (Lipinski definition) is 2. The van der Waals surface area contributed by atoms with Crippen LogP contribution in [-0.4, -0.2) is 10.1 Å². The molecule has 1 unspecified atom stereocenters. The molecule has 0 bridgehead atoms. The predicted octanol–water partition coefficient (Wildman–Crippen LogP) is 5.10. The number of allylic oxidation sites excluding steroid dienone is 2. The van der Waals surface area contributed by atoms with Crippen molar-refractivity contribution in [1.82, 2.24) is 10.3 Å². The van der Waals surface area contributed by atoms with Crippen LogP contribution in [0.25, 0.3) is 5.70 Å². The molecule has 132 valence electrons. The van der Waals surface area contributed by atoms with Gasteiger partial charge in [0.1, 0.15) is 5.76 Å². The van der Waals surface area contributed by atoms with Gasteiger partial charge in [0, 0.05) is 17.5 Å². The van der Waals surface area contributed by atoms with Crippen LogP contribution >= 0.6 is 0 Å². The lowest BCUT2D eigenvalue weighted by Crippen LogP contribution is -2.42. The van der Waals surface area contributed by atoms with Crippen LogP contribution in [0.1, 0.15) is 11.1 Å². The van der Waals surface area contributed by atoms with Crippen LogP contribution in [0.3, 0.4) is 0 Å². The molecule has 27 heavy (non-hydrogen) atoms. The lowest BCUT2D eigenvalue weighted by molar-refractivity contribution is 0.269. The molecule has 5 nitrogen and oxygen atoms in total. The van der Waals surface area contributed by atoms with Crippen molar-refractivity contribution in [2.24, 2.45) is 10.2 Å². The molecule has 1 aliphatic rings. The molecule has 0 saturated heterocycles. The summed E-state index contributed by atoms with van der Waals surface area (Å²) < 4.78 is 0. The fourth-order valence-corrected chi connectivity index (χ4v) is 2.94. The maximum atomic E-state index is 10.8. The summed E-state index contributed by atoms with van der Waals surface area (Å²) in [5, 5.41) is 23.0. The van der Waals surface area contributed by atoms with Crippen molar-refractivity contribution in [2.45, 2.75) is 5.66 Å². The quantitative estimate of drug-likeness (QED) is 0.640. The van der Waals surface area contributed by atoms with Crippen molar-refractivity contribution >= 4 is 11.5 Å². The van der Waals surface area contributed by atoms with Gasteiger partial charge in [-0.2, -0.15) is 0 Å². The van der Waals surface area contributed by atoms with E-state index in [1.54, 1.807) is 18.3 Å². The highest BCUT2D eigenvalue weighted by Gasteiger charge is 2.39. The van der Waals surface area contributed by atoms with Crippen LogP contribution in [0.4, 0.5) is 5.82 Å². The third-order valence-corrected chi connectivity index (χ3v) is 4.32. The molecule has 0 radical (unpaired) electrons. The van der Waals surface area contributed by atoms with Crippen molar-refractivity contribution in [2.75, 3.05) is 0 Å². The fraction of sp³-hybridized carbons (Fsp3) is 0.0455. The number of aliphatic hydroxyl groups is 1. The topological polar surface area (TPSA) is 69.9 Å². The Morgan fingerprint density at radius 2 is 1.52 bits per heavy atom. The first-order chi connectivity index (χ1) is 13.3. The average molecular weight is 354 g/mol. The van der Waals surface area contributed by atoms with Gasteiger partial charge in [-0.05, 0) is 29.8 Å². The molecule has 0 saturated carbocycles. The van der Waals surface area contributed by atoms with E-state index in [1.807, 2.05) is 78.9 Å². The minimum absolute atomic E-state index is 0.0630. The van der Waals surface area contributed by atoms with E-state index >= 15 is 0 Å². The van der Waals surface area contributed by atoms with Gasteiger partial charge in [-0.1, -0.05) is 66.7 Å². The number of rotatable bonds is 4. The number of pyridine rings is 1. The zero-order valence-corrected chi connectivity index (χ0v) is 14.5. The minimum atomic E-state index is -1.22. The van der Waals surface area contributed by atoms with Gasteiger partial charge in [-0.15, -0.1) is 10.2 Å². The van der Waals surface area contributed by atoms with E-state index in [1.165, 1.54) is 0 Å². The number of nitrogens with zero attached hydrogens (tertiary/aromatic N) is 3. The Hall–Kier alpha value is -3.73. The second-order valence-electron chi connectivity index (χ2n) is 6.09. The standard InChI is InChI=1S/C22H18N4O/c27-20-15-14-19(17-9-3-1-4-10-17)24-22(20,18-11-5-2-6-12-18)26-25-21-13-7-8-16-23-21/h1-16,24,27H. The summed E-state index contributed by atoms with van der Waals surface area (Å²) >= 11 is 0. The largest absolute Gasteiger partial charge is 0.507 e. The van der Waals surface area contributed by atoms with E-state index in [-0.39, 0.29) is 5.76 Å². The molecule has 3 aromatic rings. The summed E-state index contributed by atoms with van der Waals surface area (Å²) in [5.74, 6) is 0.534. The number of azo groups is 1. The summed E-state index contributed by atoms with van der Waals surface area (Å²) in [4.78, 5) is 4.19. The third-order valence-electron chi connectivity index (χ3n) is 4.32. The average Bonchev–Trinajstić information content (AvgIpc) is 2.75. The van der Waals surface area contributed by atoms with E-state index in [9.17, 15) is 5.11 Å². The Morgan fingerprint density at radius 3 is 2.22 bits per heavy atom. The highest BCUT2D eigenvalue weighted by Crippen LogP contribution is 2.36. The Bertz CT molecular complexity index is 998. The van der Waals surface area contributed by atoms with Gasteiger partial charge in [0.2, 0.25) is 5.66 Å². The second kappa shape index (κ2) is 7.25. The molecule has 0 amide bonds. The van der Waals surface area contributed by atoms with Crippen LogP contribution < -0.4 is 5.32 Å². The molecule has 4 rings (SSSR count). The Kier molecular flexibility index (Phi) is 4.49. The summed E-state index contributed by atoms with van der Waals surface area (Å²) in [6.45, 7) is 0. The molecule has 2 aromatic carbocycles. The summed E-state index contributed by atoms with van der Waals surface area (Å²) in [6.07, 6.45) is 5.15. The van der Waals surface area contributed by atoms with Gasteiger partial charge in [0.05, 0.1) is 0 Å². The lowest BCUT2D eigenvalue weighted by Gasteiger charge is -2.34. The molecule has 1 aromatic heterocycles. The van der Waals surface area contributed by atoms with Crippen LogP contribution in [0.5, 0.6) is 0 Å². The zero-order chi connectivity index (χ0) is 18.5. The Balaban J connectivity index is 1.80. The van der Waals surface area contributed by atoms with Crippen molar-refractivity contribution in [3.8, 4) is 0 Å². The highest BCUT2D eigenvalue weighted by molar-refractivity contribution is 5.69. The monoisotopic (exact) mass is 354 g/mol. The van der Waals surface area contributed by atoms with Crippen LogP contribution in [-0.2, 0) is 5.66 Å².